The minimum absolute atomic E-state index is 0.0744. The number of carboxylic acids is 1. The molecular weight excluding hydrogens is 482 g/mol. The maximum atomic E-state index is 12.0. The van der Waals surface area contributed by atoms with Gasteiger partial charge >= 0.3 is 5.97 Å². The monoisotopic (exact) mass is 517 g/mol. The highest BCUT2D eigenvalue weighted by atomic mass is 32.2. The highest BCUT2D eigenvalue weighted by molar-refractivity contribution is 7.99. The van der Waals surface area contributed by atoms with E-state index in [1.54, 1.807) is 19.1 Å². The van der Waals surface area contributed by atoms with Gasteiger partial charge in [-0.3, -0.25) is 14.4 Å². The molecule has 0 aliphatic carbocycles. The van der Waals surface area contributed by atoms with Gasteiger partial charge in [0.05, 0.1) is 6.42 Å². The number of unbranched alkanes of at least 4 members (excludes halogenated alkanes) is 4. The summed E-state index contributed by atoms with van der Waals surface area (Å²) in [4.78, 5) is 35.4. The fraction of sp³-hybridized carbons (Fsp3) is 0.323. The summed E-state index contributed by atoms with van der Waals surface area (Å²) in [6.07, 6.45) is 6.87. The summed E-state index contributed by atoms with van der Waals surface area (Å²) < 4.78 is 0. The summed E-state index contributed by atoms with van der Waals surface area (Å²) in [6.45, 7) is 1.73. The average molecular weight is 518 g/mol. The van der Waals surface area contributed by atoms with E-state index in [1.165, 1.54) is 36.1 Å². The number of carbonyl (C=O) groups excluding carboxylic acids is 2. The van der Waals surface area contributed by atoms with Gasteiger partial charge in [0.15, 0.2) is 5.78 Å². The number of thioether (sulfide) groups is 1. The summed E-state index contributed by atoms with van der Waals surface area (Å²) in [7, 11) is 0. The molecule has 3 aromatic carbocycles. The molecule has 0 radical (unpaired) electrons. The van der Waals surface area contributed by atoms with E-state index in [2.05, 4.69) is 29.6 Å². The van der Waals surface area contributed by atoms with Crippen molar-refractivity contribution < 1.29 is 19.5 Å². The molecule has 0 fully saturated rings. The Labute approximate surface area is 223 Å². The number of nitrogens with one attached hydrogen (secondary N) is 1. The standard InChI is InChI=1S/C31H35NO4S/c1-23(33)27-9-7-10-28(22-27)25-15-17-29(18-16-25)37-21-6-4-2-3-5-8-24-11-13-26(14-12-24)31(36)32-20-19-30(34)35/h7,9-18,22H,2-6,8,19-21H2,1H3,(H,32,36)(H,34,35). The van der Waals surface area contributed by atoms with Gasteiger partial charge in [0.2, 0.25) is 0 Å². The van der Waals surface area contributed by atoms with Crippen molar-refractivity contribution in [1.29, 1.82) is 0 Å². The molecule has 3 rings (SSSR count). The number of hydrogen-bond donors (Lipinski definition) is 2. The summed E-state index contributed by atoms with van der Waals surface area (Å²) >= 11 is 1.89. The molecule has 6 heteroatoms. The van der Waals surface area contributed by atoms with Gasteiger partial charge in [0.1, 0.15) is 0 Å². The van der Waals surface area contributed by atoms with Crippen LogP contribution < -0.4 is 5.32 Å². The van der Waals surface area contributed by atoms with Gasteiger partial charge in [-0.25, -0.2) is 0 Å². The number of carboxylic acid groups (broad SMARTS) is 1. The number of aryl methyl sites for hydroxylation is 1. The highest BCUT2D eigenvalue weighted by Crippen LogP contribution is 2.26. The molecule has 0 spiro atoms. The van der Waals surface area contributed by atoms with E-state index in [-0.39, 0.29) is 24.7 Å². The third-order valence-corrected chi connectivity index (χ3v) is 7.27. The van der Waals surface area contributed by atoms with E-state index in [1.807, 2.05) is 48.2 Å². The molecule has 3 aromatic rings. The second kappa shape index (κ2) is 15.0. The number of hydrogen-bond acceptors (Lipinski definition) is 4. The van der Waals surface area contributed by atoms with Gasteiger partial charge < -0.3 is 10.4 Å². The first-order chi connectivity index (χ1) is 17.9. The molecule has 0 atom stereocenters. The fourth-order valence-corrected chi connectivity index (χ4v) is 4.93. The van der Waals surface area contributed by atoms with Crippen LogP contribution in [0.5, 0.6) is 0 Å². The van der Waals surface area contributed by atoms with Crippen molar-refractivity contribution in [3.05, 3.63) is 89.5 Å². The van der Waals surface area contributed by atoms with Gasteiger partial charge in [-0.1, -0.05) is 61.7 Å². The quantitative estimate of drug-likeness (QED) is 0.128. The van der Waals surface area contributed by atoms with Gasteiger partial charge in [0, 0.05) is 22.6 Å². The molecule has 0 saturated heterocycles. The van der Waals surface area contributed by atoms with Crippen LogP contribution >= 0.6 is 11.8 Å². The minimum Gasteiger partial charge on any atom is -0.481 e. The van der Waals surface area contributed by atoms with Crippen LogP contribution in [-0.2, 0) is 11.2 Å². The first kappa shape index (κ1) is 28.2. The zero-order valence-electron chi connectivity index (χ0n) is 21.4. The fourth-order valence-electron chi connectivity index (χ4n) is 4.02. The Morgan fingerprint density at radius 1 is 0.784 bits per heavy atom. The lowest BCUT2D eigenvalue weighted by Crippen LogP contribution is -2.25. The van der Waals surface area contributed by atoms with Gasteiger partial charge in [-0.2, -0.15) is 0 Å². The lowest BCUT2D eigenvalue weighted by molar-refractivity contribution is -0.136. The Bertz CT molecular complexity index is 1170. The summed E-state index contributed by atoms with van der Waals surface area (Å²) in [5.41, 5.74) is 4.71. The minimum atomic E-state index is -0.921. The number of carbonyl (C=O) groups is 3. The second-order valence-corrected chi connectivity index (χ2v) is 10.3. The topological polar surface area (TPSA) is 83.5 Å². The Balaban J connectivity index is 1.27. The van der Waals surface area contributed by atoms with Crippen molar-refractivity contribution in [2.24, 2.45) is 0 Å². The summed E-state index contributed by atoms with van der Waals surface area (Å²) in [5, 5.41) is 11.3. The number of aliphatic carboxylic acids is 1. The predicted octanol–water partition coefficient (Wildman–Crippen LogP) is 7.05. The molecule has 37 heavy (non-hydrogen) atoms. The molecule has 0 unspecified atom stereocenters. The molecule has 0 aliphatic heterocycles. The van der Waals surface area contributed by atoms with Crippen LogP contribution in [0.3, 0.4) is 0 Å². The Hall–Kier alpha value is -3.38. The van der Waals surface area contributed by atoms with E-state index < -0.39 is 5.97 Å². The van der Waals surface area contributed by atoms with Gasteiger partial charge in [0.25, 0.3) is 5.91 Å². The number of Topliss-reactive ketones (excluding diaryl/α,β-unsaturated/α-hetero) is 1. The Kier molecular flexibility index (Phi) is 11.4. The molecule has 194 valence electrons. The molecule has 0 saturated carbocycles. The van der Waals surface area contributed by atoms with E-state index in [0.29, 0.717) is 5.56 Å². The van der Waals surface area contributed by atoms with Crippen LogP contribution in [0.25, 0.3) is 11.1 Å². The SMILES string of the molecule is CC(=O)c1cccc(-c2ccc(SCCCCCCCc3ccc(C(=O)NCCC(=O)O)cc3)cc2)c1. The molecule has 5 nitrogen and oxygen atoms in total. The predicted molar refractivity (Wildman–Crippen MR) is 150 cm³/mol. The number of amides is 1. The molecule has 0 heterocycles. The van der Waals surface area contributed by atoms with Gasteiger partial charge in [-0.05, 0) is 79.0 Å². The molecule has 0 bridgehead atoms. The molecule has 0 aliphatic rings. The van der Waals surface area contributed by atoms with E-state index >= 15 is 0 Å². The van der Waals surface area contributed by atoms with E-state index in [4.69, 9.17) is 5.11 Å². The van der Waals surface area contributed by atoms with Crippen LogP contribution in [0, 0.1) is 0 Å². The zero-order chi connectivity index (χ0) is 26.5. The van der Waals surface area contributed by atoms with Crippen LogP contribution in [0.1, 0.15) is 71.7 Å². The van der Waals surface area contributed by atoms with Crippen molar-refractivity contribution in [3.8, 4) is 11.1 Å². The van der Waals surface area contributed by atoms with E-state index in [0.717, 1.165) is 35.3 Å². The summed E-state index contributed by atoms with van der Waals surface area (Å²) in [5.74, 6) is 0.0344. The smallest absolute Gasteiger partial charge is 0.305 e. The molecule has 1 amide bonds. The first-order valence-corrected chi connectivity index (χ1v) is 13.8. The maximum Gasteiger partial charge on any atom is 0.305 e. The second-order valence-electron chi connectivity index (χ2n) is 9.12. The number of benzene rings is 3. The molecule has 0 aromatic heterocycles. The Morgan fingerprint density at radius 3 is 2.19 bits per heavy atom. The highest BCUT2D eigenvalue weighted by Gasteiger charge is 2.06. The van der Waals surface area contributed by atoms with Crippen molar-refractivity contribution in [2.45, 2.75) is 56.8 Å². The third-order valence-electron chi connectivity index (χ3n) is 6.18. The van der Waals surface area contributed by atoms with E-state index in [9.17, 15) is 14.4 Å². The van der Waals surface area contributed by atoms with Crippen LogP contribution in [0.15, 0.2) is 77.7 Å². The van der Waals surface area contributed by atoms with Crippen molar-refractivity contribution in [1.82, 2.24) is 5.32 Å². The van der Waals surface area contributed by atoms with Crippen molar-refractivity contribution >= 4 is 29.4 Å². The van der Waals surface area contributed by atoms with Crippen molar-refractivity contribution in [2.75, 3.05) is 12.3 Å². The molecular formula is C31H35NO4S. The van der Waals surface area contributed by atoms with Crippen molar-refractivity contribution in [3.63, 3.8) is 0 Å². The van der Waals surface area contributed by atoms with Crippen LogP contribution in [-0.4, -0.2) is 35.1 Å². The lowest BCUT2D eigenvalue weighted by atomic mass is 10.0. The zero-order valence-corrected chi connectivity index (χ0v) is 22.2. The summed E-state index contributed by atoms with van der Waals surface area (Å²) in [6, 6.07) is 23.9. The largest absolute Gasteiger partial charge is 0.481 e. The molecule has 2 N–H and O–H groups in total. The maximum absolute atomic E-state index is 12.0. The third kappa shape index (κ3) is 9.89. The lowest BCUT2D eigenvalue weighted by Gasteiger charge is -2.07. The Morgan fingerprint density at radius 2 is 1.49 bits per heavy atom. The number of rotatable bonds is 15. The first-order valence-electron chi connectivity index (χ1n) is 12.9. The van der Waals surface area contributed by atoms with Crippen LogP contribution in [0.2, 0.25) is 0 Å². The average Bonchev–Trinajstić information content (AvgIpc) is 2.90. The normalized spacial score (nSPS) is 10.7. The number of ketones is 1. The van der Waals surface area contributed by atoms with Crippen LogP contribution in [0.4, 0.5) is 0 Å². The van der Waals surface area contributed by atoms with Gasteiger partial charge in [-0.15, -0.1) is 11.8 Å².